The van der Waals surface area contributed by atoms with Gasteiger partial charge >= 0.3 is 0 Å². The van der Waals surface area contributed by atoms with Crippen LogP contribution in [0.25, 0.3) is 10.9 Å². The summed E-state index contributed by atoms with van der Waals surface area (Å²) in [6.07, 6.45) is 1.48. The van der Waals surface area contributed by atoms with Gasteiger partial charge in [-0.1, -0.05) is 6.07 Å². The van der Waals surface area contributed by atoms with Crippen molar-refractivity contribution in [2.45, 2.75) is 6.92 Å². The normalized spacial score (nSPS) is 10.6. The van der Waals surface area contributed by atoms with Crippen LogP contribution in [0.1, 0.15) is 5.56 Å². The number of anilines is 2. The number of nitrogens with zero attached hydrogens (tertiary/aromatic N) is 2. The highest BCUT2D eigenvalue weighted by Crippen LogP contribution is 2.35. The maximum absolute atomic E-state index is 9.67. The van der Waals surface area contributed by atoms with Crippen LogP contribution in [0.15, 0.2) is 36.7 Å². The van der Waals surface area contributed by atoms with Crippen molar-refractivity contribution in [2.75, 3.05) is 19.5 Å². The van der Waals surface area contributed by atoms with Gasteiger partial charge in [-0.2, -0.15) is 0 Å². The van der Waals surface area contributed by atoms with Gasteiger partial charge in [0.05, 0.1) is 19.7 Å². The highest BCUT2D eigenvalue weighted by atomic mass is 16.5. The molecule has 3 aromatic rings. The molecule has 2 aromatic carbocycles. The summed E-state index contributed by atoms with van der Waals surface area (Å²) in [5.74, 6) is 2.03. The molecule has 0 amide bonds. The summed E-state index contributed by atoms with van der Waals surface area (Å²) in [5, 5.41) is 13.7. The van der Waals surface area contributed by atoms with Crippen molar-refractivity contribution in [3.05, 3.63) is 42.2 Å². The number of ether oxygens (including phenoxy) is 2. The zero-order valence-corrected chi connectivity index (χ0v) is 13.1. The monoisotopic (exact) mass is 311 g/mol. The SMILES string of the molecule is COc1cc2ncnc(Nc3cc(O)ccc3C)c2cc1OC. The molecule has 0 radical (unpaired) electrons. The molecule has 0 aliphatic heterocycles. The number of phenols is 1. The van der Waals surface area contributed by atoms with E-state index in [2.05, 4.69) is 15.3 Å². The van der Waals surface area contributed by atoms with E-state index in [9.17, 15) is 5.11 Å². The summed E-state index contributed by atoms with van der Waals surface area (Å²) in [6.45, 7) is 1.95. The van der Waals surface area contributed by atoms with Crippen LogP contribution in [0.4, 0.5) is 11.5 Å². The Hall–Kier alpha value is -3.02. The molecule has 3 rings (SSSR count). The number of fused-ring (bicyclic) bond motifs is 1. The summed E-state index contributed by atoms with van der Waals surface area (Å²) < 4.78 is 10.6. The van der Waals surface area contributed by atoms with Crippen molar-refractivity contribution in [2.24, 2.45) is 0 Å². The van der Waals surface area contributed by atoms with Crippen molar-refractivity contribution >= 4 is 22.4 Å². The van der Waals surface area contributed by atoms with Gasteiger partial charge < -0.3 is 19.9 Å². The van der Waals surface area contributed by atoms with Gasteiger partial charge in [0.25, 0.3) is 0 Å². The van der Waals surface area contributed by atoms with Gasteiger partial charge in [-0.25, -0.2) is 9.97 Å². The van der Waals surface area contributed by atoms with Gasteiger partial charge in [0.2, 0.25) is 0 Å². The van der Waals surface area contributed by atoms with Crippen LogP contribution >= 0.6 is 0 Å². The summed E-state index contributed by atoms with van der Waals surface area (Å²) in [4.78, 5) is 8.58. The number of rotatable bonds is 4. The fraction of sp³-hybridized carbons (Fsp3) is 0.176. The molecule has 0 atom stereocenters. The zero-order chi connectivity index (χ0) is 16.4. The average Bonchev–Trinajstić information content (AvgIpc) is 2.57. The fourth-order valence-corrected chi connectivity index (χ4v) is 2.35. The van der Waals surface area contributed by atoms with Crippen LogP contribution in [0, 0.1) is 6.92 Å². The molecule has 0 fully saturated rings. The Balaban J connectivity index is 2.12. The Morgan fingerprint density at radius 2 is 1.74 bits per heavy atom. The molecule has 6 heteroatoms. The molecule has 0 bridgehead atoms. The van der Waals surface area contributed by atoms with Crippen LogP contribution in [0.5, 0.6) is 17.2 Å². The summed E-state index contributed by atoms with van der Waals surface area (Å²) in [7, 11) is 3.17. The number of aryl methyl sites for hydroxylation is 1. The molecule has 0 aliphatic rings. The van der Waals surface area contributed by atoms with Crippen LogP contribution in [0.3, 0.4) is 0 Å². The second-order valence-corrected chi connectivity index (χ2v) is 5.07. The quantitative estimate of drug-likeness (QED) is 0.769. The molecule has 6 nitrogen and oxygen atoms in total. The maximum atomic E-state index is 9.67. The Kier molecular flexibility index (Phi) is 3.89. The molecule has 1 heterocycles. The fourth-order valence-electron chi connectivity index (χ4n) is 2.35. The minimum absolute atomic E-state index is 0.190. The van der Waals surface area contributed by atoms with Gasteiger partial charge in [0.1, 0.15) is 17.9 Å². The van der Waals surface area contributed by atoms with Gasteiger partial charge in [0, 0.05) is 23.2 Å². The highest BCUT2D eigenvalue weighted by Gasteiger charge is 2.11. The number of aromatic hydroxyl groups is 1. The third-order valence-corrected chi connectivity index (χ3v) is 3.61. The lowest BCUT2D eigenvalue weighted by molar-refractivity contribution is 0.356. The van der Waals surface area contributed by atoms with E-state index < -0.39 is 0 Å². The second-order valence-electron chi connectivity index (χ2n) is 5.07. The third kappa shape index (κ3) is 2.83. The predicted octanol–water partition coefficient (Wildman–Crippen LogP) is 3.40. The number of aromatic nitrogens is 2. The maximum Gasteiger partial charge on any atom is 0.162 e. The largest absolute Gasteiger partial charge is 0.508 e. The zero-order valence-electron chi connectivity index (χ0n) is 13.1. The second kappa shape index (κ2) is 6.00. The first-order chi connectivity index (χ1) is 11.1. The molecule has 0 spiro atoms. The molecule has 2 N–H and O–H groups in total. The number of methoxy groups -OCH3 is 2. The molecule has 0 saturated heterocycles. The van der Waals surface area contributed by atoms with E-state index in [1.165, 1.54) is 6.33 Å². The first-order valence-corrected chi connectivity index (χ1v) is 7.05. The minimum Gasteiger partial charge on any atom is -0.508 e. The first-order valence-electron chi connectivity index (χ1n) is 7.05. The van der Waals surface area contributed by atoms with Crippen LogP contribution in [-0.4, -0.2) is 29.3 Å². The van der Waals surface area contributed by atoms with E-state index >= 15 is 0 Å². The number of phenolic OH excluding ortho intramolecular Hbond substituents is 1. The van der Waals surface area contributed by atoms with Crippen molar-refractivity contribution in [1.29, 1.82) is 0 Å². The molecule has 0 aliphatic carbocycles. The Morgan fingerprint density at radius 1 is 1.00 bits per heavy atom. The van der Waals surface area contributed by atoms with Crippen LogP contribution in [-0.2, 0) is 0 Å². The van der Waals surface area contributed by atoms with Gasteiger partial charge in [-0.3, -0.25) is 0 Å². The number of nitrogens with one attached hydrogen (secondary N) is 1. The lowest BCUT2D eigenvalue weighted by atomic mass is 10.1. The molecular weight excluding hydrogens is 294 g/mol. The summed E-state index contributed by atoms with van der Waals surface area (Å²) >= 11 is 0. The van der Waals surface area contributed by atoms with Crippen molar-refractivity contribution < 1.29 is 14.6 Å². The summed E-state index contributed by atoms with van der Waals surface area (Å²) in [5.41, 5.74) is 2.51. The predicted molar refractivity (Wildman–Crippen MR) is 88.8 cm³/mol. The van der Waals surface area contributed by atoms with E-state index in [0.717, 1.165) is 22.2 Å². The third-order valence-electron chi connectivity index (χ3n) is 3.61. The standard InChI is InChI=1S/C17H17N3O3/c1-10-4-5-11(21)6-13(10)20-17-12-7-15(22-2)16(23-3)8-14(12)18-9-19-17/h4-9,21H,1-3H3,(H,18,19,20). The Bertz CT molecular complexity index is 865. The average molecular weight is 311 g/mol. The topological polar surface area (TPSA) is 76.5 Å². The number of hydrogen-bond acceptors (Lipinski definition) is 6. The van der Waals surface area contributed by atoms with Crippen molar-refractivity contribution in [3.8, 4) is 17.2 Å². The van der Waals surface area contributed by atoms with Gasteiger partial charge in [-0.05, 0) is 24.6 Å². The van der Waals surface area contributed by atoms with Crippen LogP contribution in [0.2, 0.25) is 0 Å². The van der Waals surface area contributed by atoms with Crippen molar-refractivity contribution in [1.82, 2.24) is 9.97 Å². The van der Waals surface area contributed by atoms with Crippen LogP contribution < -0.4 is 14.8 Å². The summed E-state index contributed by atoms with van der Waals surface area (Å²) in [6, 6.07) is 8.77. The molecule has 23 heavy (non-hydrogen) atoms. The molecule has 0 unspecified atom stereocenters. The number of benzene rings is 2. The van der Waals surface area contributed by atoms with E-state index in [0.29, 0.717) is 17.3 Å². The lowest BCUT2D eigenvalue weighted by Crippen LogP contribution is -1.99. The minimum atomic E-state index is 0.190. The first kappa shape index (κ1) is 14.9. The molecule has 1 aromatic heterocycles. The number of hydrogen-bond donors (Lipinski definition) is 2. The van der Waals surface area contributed by atoms with E-state index in [-0.39, 0.29) is 5.75 Å². The Labute approximate surface area is 133 Å². The molecular formula is C17H17N3O3. The van der Waals surface area contributed by atoms with Gasteiger partial charge in [0.15, 0.2) is 11.5 Å². The van der Waals surface area contributed by atoms with E-state index in [1.807, 2.05) is 19.1 Å². The molecule has 118 valence electrons. The molecule has 0 saturated carbocycles. The lowest BCUT2D eigenvalue weighted by Gasteiger charge is -2.13. The highest BCUT2D eigenvalue weighted by molar-refractivity contribution is 5.93. The Morgan fingerprint density at radius 3 is 2.48 bits per heavy atom. The van der Waals surface area contributed by atoms with Gasteiger partial charge in [-0.15, -0.1) is 0 Å². The van der Waals surface area contributed by atoms with Crippen molar-refractivity contribution in [3.63, 3.8) is 0 Å². The van der Waals surface area contributed by atoms with E-state index in [1.54, 1.807) is 32.4 Å². The van der Waals surface area contributed by atoms with E-state index in [4.69, 9.17) is 9.47 Å². The smallest absolute Gasteiger partial charge is 0.162 e.